The highest BCUT2D eigenvalue weighted by atomic mass is 19.1. The Balaban J connectivity index is 1.63. The number of fused-ring (bicyclic) bond motifs is 1. The minimum atomic E-state index is -1.11. The molecule has 6 nitrogen and oxygen atoms in total. The predicted molar refractivity (Wildman–Crippen MR) is 83.6 cm³/mol. The molecule has 1 heterocycles. The van der Waals surface area contributed by atoms with E-state index in [4.69, 9.17) is 5.11 Å². The summed E-state index contributed by atoms with van der Waals surface area (Å²) in [6, 6.07) is 9.15. The number of imidazole rings is 1. The Bertz CT molecular complexity index is 881. The lowest BCUT2D eigenvalue weighted by atomic mass is 10.2. The maximum atomic E-state index is 13.2. The van der Waals surface area contributed by atoms with Crippen molar-refractivity contribution in [3.05, 3.63) is 59.4 Å². The van der Waals surface area contributed by atoms with Gasteiger partial charge in [0.2, 0.25) is 5.91 Å². The molecule has 0 atom stereocenters. The molecule has 3 aromatic rings. The number of halogens is 2. The van der Waals surface area contributed by atoms with Gasteiger partial charge in [-0.05, 0) is 24.3 Å². The lowest BCUT2D eigenvalue weighted by Gasteiger charge is -2.00. The zero-order valence-electron chi connectivity index (χ0n) is 12.3. The quantitative estimate of drug-likeness (QED) is 0.506. The first-order valence-electron chi connectivity index (χ1n) is 6.96. The Morgan fingerprint density at radius 2 is 2.00 bits per heavy atom. The second-order valence-corrected chi connectivity index (χ2v) is 5.00. The van der Waals surface area contributed by atoms with Crippen LogP contribution in [-0.4, -0.2) is 27.2 Å². The van der Waals surface area contributed by atoms with Gasteiger partial charge in [0.1, 0.15) is 5.82 Å². The van der Waals surface area contributed by atoms with Gasteiger partial charge in [-0.15, -0.1) is 0 Å². The van der Waals surface area contributed by atoms with Gasteiger partial charge in [0.05, 0.1) is 23.7 Å². The third kappa shape index (κ3) is 3.37. The first kappa shape index (κ1) is 15.6. The highest BCUT2D eigenvalue weighted by Crippen LogP contribution is 2.20. The molecule has 8 heteroatoms. The van der Waals surface area contributed by atoms with Crippen molar-refractivity contribution in [1.29, 1.82) is 0 Å². The summed E-state index contributed by atoms with van der Waals surface area (Å²) in [5.41, 5.74) is 3.87. The predicted octanol–water partition coefficient (Wildman–Crippen LogP) is 2.24. The van der Waals surface area contributed by atoms with E-state index in [-0.39, 0.29) is 12.0 Å². The number of carbonyl (C=O) groups excluding carboxylic acids is 1. The summed E-state index contributed by atoms with van der Waals surface area (Å²) in [7, 11) is 0. The Morgan fingerprint density at radius 3 is 2.71 bits per heavy atom. The van der Waals surface area contributed by atoms with Gasteiger partial charge in [-0.2, -0.15) is 5.10 Å². The van der Waals surface area contributed by atoms with Crippen molar-refractivity contribution in [2.75, 3.05) is 0 Å². The Hall–Kier alpha value is -3.29. The number of hydrogen-bond acceptors (Lipinski definition) is 4. The van der Waals surface area contributed by atoms with E-state index in [2.05, 4.69) is 20.5 Å². The molecule has 3 rings (SSSR count). The molecule has 0 spiro atoms. The number of nitrogens with zero attached hydrogens (tertiary/aromatic N) is 2. The Morgan fingerprint density at radius 1 is 1.29 bits per heavy atom. The molecule has 0 aliphatic heterocycles. The van der Waals surface area contributed by atoms with Crippen LogP contribution in [0.1, 0.15) is 11.4 Å². The van der Waals surface area contributed by atoms with Crippen molar-refractivity contribution in [3.8, 4) is 5.75 Å². The van der Waals surface area contributed by atoms with Crippen molar-refractivity contribution in [1.82, 2.24) is 15.4 Å². The molecule has 24 heavy (non-hydrogen) atoms. The van der Waals surface area contributed by atoms with E-state index >= 15 is 0 Å². The fourth-order valence-electron chi connectivity index (χ4n) is 2.12. The number of carbonyl (C=O) groups is 1. The van der Waals surface area contributed by atoms with E-state index in [1.807, 2.05) is 24.3 Å². The molecule has 3 N–H and O–H groups in total. The number of phenols is 1. The fourth-order valence-corrected chi connectivity index (χ4v) is 2.12. The number of nitrogens with one attached hydrogen (secondary N) is 2. The largest absolute Gasteiger partial charge is 0.503 e. The van der Waals surface area contributed by atoms with Crippen LogP contribution in [-0.2, 0) is 11.2 Å². The van der Waals surface area contributed by atoms with Crippen LogP contribution < -0.4 is 5.43 Å². The molecule has 0 aliphatic carbocycles. The summed E-state index contributed by atoms with van der Waals surface area (Å²) in [6.45, 7) is 0. The number of aromatic nitrogens is 2. The molecule has 0 saturated carbocycles. The standard InChI is InChI=1S/C16H12F2N4O2/c17-10-5-9(6-11(18)16(10)24)8-19-22-15(23)7-14-20-12-3-1-2-4-13(12)21-14/h1-6,8,24H,7H2,(H,20,21)(H,22,23)/b19-8+. The van der Waals surface area contributed by atoms with E-state index in [1.54, 1.807) is 0 Å². The van der Waals surface area contributed by atoms with Crippen LogP contribution in [0.3, 0.4) is 0 Å². The lowest BCUT2D eigenvalue weighted by Crippen LogP contribution is -2.20. The monoisotopic (exact) mass is 330 g/mol. The summed E-state index contributed by atoms with van der Waals surface area (Å²) < 4.78 is 26.3. The van der Waals surface area contributed by atoms with E-state index in [0.717, 1.165) is 29.4 Å². The maximum absolute atomic E-state index is 13.2. The van der Waals surface area contributed by atoms with Gasteiger partial charge >= 0.3 is 0 Å². The number of benzene rings is 2. The van der Waals surface area contributed by atoms with Gasteiger partial charge < -0.3 is 10.1 Å². The minimum absolute atomic E-state index is 0.0235. The number of hydrazone groups is 1. The maximum Gasteiger partial charge on any atom is 0.247 e. The number of aromatic amines is 1. The van der Waals surface area contributed by atoms with E-state index < -0.39 is 23.3 Å². The van der Waals surface area contributed by atoms with Gasteiger partial charge in [0.15, 0.2) is 17.4 Å². The first-order valence-corrected chi connectivity index (χ1v) is 6.96. The molecule has 0 saturated heterocycles. The molecular weight excluding hydrogens is 318 g/mol. The fraction of sp³-hybridized carbons (Fsp3) is 0.0625. The molecule has 0 unspecified atom stereocenters. The molecule has 122 valence electrons. The van der Waals surface area contributed by atoms with Crippen LogP contribution in [0.5, 0.6) is 5.75 Å². The average molecular weight is 330 g/mol. The highest BCUT2D eigenvalue weighted by molar-refractivity contribution is 5.84. The van der Waals surface area contributed by atoms with Crippen LogP contribution in [0.4, 0.5) is 8.78 Å². The summed E-state index contributed by atoms with van der Waals surface area (Å²) in [5.74, 6) is -3.23. The molecule has 2 aromatic carbocycles. The molecule has 0 radical (unpaired) electrons. The van der Waals surface area contributed by atoms with Crippen molar-refractivity contribution in [2.24, 2.45) is 5.10 Å². The summed E-state index contributed by atoms with van der Waals surface area (Å²) in [6.07, 6.45) is 1.05. The molecule has 0 aliphatic rings. The summed E-state index contributed by atoms with van der Waals surface area (Å²) in [5, 5.41) is 12.6. The number of amides is 1. The van der Waals surface area contributed by atoms with Gasteiger partial charge in [0, 0.05) is 5.56 Å². The van der Waals surface area contributed by atoms with Crippen LogP contribution in [0.25, 0.3) is 11.0 Å². The third-order valence-corrected chi connectivity index (χ3v) is 3.21. The van der Waals surface area contributed by atoms with Gasteiger partial charge in [-0.1, -0.05) is 12.1 Å². The van der Waals surface area contributed by atoms with E-state index in [0.29, 0.717) is 5.82 Å². The van der Waals surface area contributed by atoms with E-state index in [9.17, 15) is 13.6 Å². The van der Waals surface area contributed by atoms with Crippen LogP contribution in [0.15, 0.2) is 41.5 Å². The highest BCUT2D eigenvalue weighted by Gasteiger charge is 2.09. The molecule has 1 amide bonds. The van der Waals surface area contributed by atoms with Gasteiger partial charge in [-0.3, -0.25) is 4.79 Å². The second-order valence-electron chi connectivity index (χ2n) is 5.00. The van der Waals surface area contributed by atoms with Crippen LogP contribution in [0, 0.1) is 11.6 Å². The number of aromatic hydroxyl groups is 1. The number of hydrogen-bond donors (Lipinski definition) is 3. The van der Waals surface area contributed by atoms with Crippen molar-refractivity contribution in [2.45, 2.75) is 6.42 Å². The average Bonchev–Trinajstić information content (AvgIpc) is 2.94. The van der Waals surface area contributed by atoms with Gasteiger partial charge in [-0.25, -0.2) is 19.2 Å². The zero-order valence-corrected chi connectivity index (χ0v) is 12.3. The zero-order chi connectivity index (χ0) is 17.1. The van der Waals surface area contributed by atoms with Crippen molar-refractivity contribution < 1.29 is 18.7 Å². The topological polar surface area (TPSA) is 90.4 Å². The number of rotatable bonds is 4. The normalized spacial score (nSPS) is 11.2. The Kier molecular flexibility index (Phi) is 4.19. The second kappa shape index (κ2) is 6.45. The first-order chi connectivity index (χ1) is 11.5. The third-order valence-electron chi connectivity index (χ3n) is 3.21. The van der Waals surface area contributed by atoms with Crippen molar-refractivity contribution in [3.63, 3.8) is 0 Å². The summed E-state index contributed by atoms with van der Waals surface area (Å²) in [4.78, 5) is 19.1. The van der Waals surface area contributed by atoms with E-state index in [1.165, 1.54) is 0 Å². The molecule has 0 fully saturated rings. The molecule has 1 aromatic heterocycles. The molecule has 0 bridgehead atoms. The van der Waals surface area contributed by atoms with Crippen LogP contribution >= 0.6 is 0 Å². The molecular formula is C16H12F2N4O2. The number of para-hydroxylation sites is 2. The van der Waals surface area contributed by atoms with Crippen LogP contribution in [0.2, 0.25) is 0 Å². The Labute approximate surface area is 134 Å². The summed E-state index contributed by atoms with van der Waals surface area (Å²) >= 11 is 0. The lowest BCUT2D eigenvalue weighted by molar-refractivity contribution is -0.120. The van der Waals surface area contributed by atoms with Crippen molar-refractivity contribution >= 4 is 23.2 Å². The smallest absolute Gasteiger partial charge is 0.247 e. The number of phenolic OH excluding ortho intramolecular Hbond substituents is 1. The number of H-pyrrole nitrogens is 1. The van der Waals surface area contributed by atoms with Gasteiger partial charge in [0.25, 0.3) is 0 Å². The minimum Gasteiger partial charge on any atom is -0.503 e. The SMILES string of the molecule is O=C(Cc1nc2ccccc2[nH]1)N/N=C/c1cc(F)c(O)c(F)c1.